The van der Waals surface area contributed by atoms with E-state index in [1.807, 2.05) is 0 Å². The van der Waals surface area contributed by atoms with Crippen molar-refractivity contribution in [3.05, 3.63) is 59.7 Å². The highest BCUT2D eigenvalue weighted by Crippen LogP contribution is 2.56. The molecule has 0 unspecified atom stereocenters. The summed E-state index contributed by atoms with van der Waals surface area (Å²) in [6, 6.07) is 12.9. The number of hydrogen-bond acceptors (Lipinski definition) is 5. The summed E-state index contributed by atoms with van der Waals surface area (Å²) in [5, 5.41) is 0. The normalized spacial score (nSPS) is 26.8. The molecule has 3 fully saturated rings. The number of nitrogens with zero attached hydrogens (tertiary/aromatic N) is 1. The number of amides is 2. The average molecular weight is 403 g/mol. The highest BCUT2D eigenvalue weighted by atomic mass is 16.5. The van der Waals surface area contributed by atoms with E-state index in [4.69, 9.17) is 4.74 Å². The van der Waals surface area contributed by atoms with E-state index in [1.54, 1.807) is 42.5 Å². The molecule has 0 spiro atoms. The Morgan fingerprint density at radius 3 is 2.27 bits per heavy atom. The third-order valence-corrected chi connectivity index (χ3v) is 6.74. The van der Waals surface area contributed by atoms with Crippen LogP contribution in [0.3, 0.4) is 0 Å². The van der Waals surface area contributed by atoms with Gasteiger partial charge in [-0.2, -0.15) is 0 Å². The Bertz CT molecular complexity index is 1060. The van der Waals surface area contributed by atoms with Crippen LogP contribution in [0.4, 0.5) is 5.69 Å². The molecular weight excluding hydrogens is 382 g/mol. The van der Waals surface area contributed by atoms with Gasteiger partial charge in [-0.15, -0.1) is 0 Å². The Labute approximate surface area is 173 Å². The Morgan fingerprint density at radius 1 is 0.933 bits per heavy atom. The van der Waals surface area contributed by atoms with E-state index in [9.17, 15) is 19.2 Å². The van der Waals surface area contributed by atoms with Crippen LogP contribution >= 0.6 is 0 Å². The number of ketones is 1. The predicted octanol–water partition coefficient (Wildman–Crippen LogP) is 3.64. The van der Waals surface area contributed by atoms with Crippen LogP contribution < -0.4 is 9.64 Å². The van der Waals surface area contributed by atoms with Gasteiger partial charge in [-0.05, 0) is 68.4 Å². The molecule has 0 N–H and O–H groups in total. The van der Waals surface area contributed by atoms with Crippen LogP contribution in [0.2, 0.25) is 0 Å². The van der Waals surface area contributed by atoms with Gasteiger partial charge in [0.1, 0.15) is 5.75 Å². The van der Waals surface area contributed by atoms with Crippen LogP contribution in [0.15, 0.2) is 48.5 Å². The Morgan fingerprint density at radius 2 is 1.60 bits per heavy atom. The largest absolute Gasteiger partial charge is 0.422 e. The number of carbonyl (C=O) groups excluding carboxylic acids is 4. The maximum absolute atomic E-state index is 13.0. The number of fused-ring (bicyclic) bond motifs is 5. The second kappa shape index (κ2) is 6.90. The van der Waals surface area contributed by atoms with Crippen molar-refractivity contribution in [2.75, 3.05) is 4.90 Å². The number of anilines is 1. The van der Waals surface area contributed by atoms with Crippen molar-refractivity contribution >= 4 is 29.3 Å². The quantitative estimate of drug-likeness (QED) is 0.337. The zero-order valence-electron chi connectivity index (χ0n) is 16.5. The van der Waals surface area contributed by atoms with Gasteiger partial charge in [-0.1, -0.05) is 18.2 Å². The van der Waals surface area contributed by atoms with Gasteiger partial charge in [-0.3, -0.25) is 19.3 Å². The van der Waals surface area contributed by atoms with Crippen molar-refractivity contribution < 1.29 is 23.9 Å². The molecule has 1 saturated heterocycles. The number of carbonyl (C=O) groups is 4. The molecule has 4 atom stereocenters. The van der Waals surface area contributed by atoms with Crippen molar-refractivity contribution in [2.24, 2.45) is 23.7 Å². The number of rotatable bonds is 4. The molecule has 2 aromatic carbocycles. The molecule has 5 rings (SSSR count). The van der Waals surface area contributed by atoms with Gasteiger partial charge in [-0.25, -0.2) is 4.79 Å². The smallest absolute Gasteiger partial charge is 0.343 e. The van der Waals surface area contributed by atoms with Crippen molar-refractivity contribution in [1.82, 2.24) is 0 Å². The van der Waals surface area contributed by atoms with E-state index < -0.39 is 5.97 Å². The minimum atomic E-state index is -0.648. The standard InChI is InChI=1S/C24H21NO5/c1-13(26)18-7-2-3-8-19(18)30-24(29)16-5-4-6-17(12-16)25-22(27)20-14-9-10-15(11-14)21(20)23(25)28/h2-8,12,14-15,20-21H,9-11H2,1H3/t14-,15+,20-,21-/m0/s1. The first-order chi connectivity index (χ1) is 14.5. The van der Waals surface area contributed by atoms with Gasteiger partial charge >= 0.3 is 5.97 Å². The lowest BCUT2D eigenvalue weighted by Crippen LogP contribution is -2.32. The Balaban J connectivity index is 1.41. The van der Waals surface area contributed by atoms with E-state index in [2.05, 4.69) is 0 Å². The highest BCUT2D eigenvalue weighted by Gasteiger charge is 2.61. The molecule has 2 aliphatic carbocycles. The lowest BCUT2D eigenvalue weighted by atomic mass is 9.81. The van der Waals surface area contributed by atoms with E-state index in [-0.39, 0.29) is 40.7 Å². The zero-order valence-corrected chi connectivity index (χ0v) is 16.5. The molecule has 152 valence electrons. The molecule has 30 heavy (non-hydrogen) atoms. The van der Waals surface area contributed by atoms with E-state index >= 15 is 0 Å². The summed E-state index contributed by atoms with van der Waals surface area (Å²) in [5.74, 6) is -0.792. The van der Waals surface area contributed by atoms with Crippen molar-refractivity contribution in [2.45, 2.75) is 26.2 Å². The van der Waals surface area contributed by atoms with Crippen molar-refractivity contribution in [1.29, 1.82) is 0 Å². The minimum absolute atomic E-state index is 0.148. The third-order valence-electron chi connectivity index (χ3n) is 6.74. The number of hydrogen-bond donors (Lipinski definition) is 0. The fourth-order valence-corrected chi connectivity index (χ4v) is 5.44. The van der Waals surface area contributed by atoms with Crippen molar-refractivity contribution in [3.8, 4) is 5.75 Å². The fourth-order valence-electron chi connectivity index (χ4n) is 5.44. The van der Waals surface area contributed by atoms with Gasteiger partial charge in [0, 0.05) is 0 Å². The number of imide groups is 1. The number of benzene rings is 2. The number of esters is 1. The summed E-state index contributed by atoms with van der Waals surface area (Å²) in [4.78, 5) is 51.8. The summed E-state index contributed by atoms with van der Waals surface area (Å²) < 4.78 is 5.43. The summed E-state index contributed by atoms with van der Waals surface area (Å²) in [5.41, 5.74) is 0.926. The molecule has 0 radical (unpaired) electrons. The molecule has 1 heterocycles. The first kappa shape index (κ1) is 18.7. The molecule has 6 nitrogen and oxygen atoms in total. The lowest BCUT2D eigenvalue weighted by Gasteiger charge is -2.19. The summed E-state index contributed by atoms with van der Waals surface area (Å²) in [6.45, 7) is 1.40. The second-order valence-corrected chi connectivity index (χ2v) is 8.39. The molecule has 2 bridgehead atoms. The van der Waals surface area contributed by atoms with Crippen molar-refractivity contribution in [3.63, 3.8) is 0 Å². The van der Waals surface area contributed by atoms with Crippen LogP contribution in [0.5, 0.6) is 5.75 Å². The van der Waals surface area contributed by atoms with Crippen LogP contribution in [0.25, 0.3) is 0 Å². The molecule has 2 aromatic rings. The minimum Gasteiger partial charge on any atom is -0.422 e. The van der Waals surface area contributed by atoms with Gasteiger partial charge in [0.05, 0.1) is 28.7 Å². The number of para-hydroxylation sites is 1. The van der Waals surface area contributed by atoms with Gasteiger partial charge in [0.15, 0.2) is 5.78 Å². The zero-order chi connectivity index (χ0) is 21.0. The molecule has 0 aromatic heterocycles. The monoisotopic (exact) mass is 403 g/mol. The lowest BCUT2D eigenvalue weighted by molar-refractivity contribution is -0.123. The molecule has 6 heteroatoms. The molecular formula is C24H21NO5. The topological polar surface area (TPSA) is 80.8 Å². The third kappa shape index (κ3) is 2.78. The Kier molecular flexibility index (Phi) is 4.31. The summed E-state index contributed by atoms with van der Waals surface area (Å²) in [7, 11) is 0. The highest BCUT2D eigenvalue weighted by molar-refractivity contribution is 6.22. The van der Waals surface area contributed by atoms with E-state index in [1.165, 1.54) is 17.9 Å². The fraction of sp³-hybridized carbons (Fsp3) is 0.333. The predicted molar refractivity (Wildman–Crippen MR) is 108 cm³/mol. The van der Waals surface area contributed by atoms with Gasteiger partial charge in [0.2, 0.25) is 11.8 Å². The SMILES string of the molecule is CC(=O)c1ccccc1OC(=O)c1cccc(N2C(=O)[C@H]3[C@@H]4CC[C@@H](C4)[C@@H]3C2=O)c1. The Hall–Kier alpha value is -3.28. The van der Waals surface area contributed by atoms with E-state index in [0.717, 1.165) is 19.3 Å². The van der Waals surface area contributed by atoms with Crippen LogP contribution in [0, 0.1) is 23.7 Å². The maximum atomic E-state index is 13.0. The molecule has 1 aliphatic heterocycles. The first-order valence-corrected chi connectivity index (χ1v) is 10.3. The van der Waals surface area contributed by atoms with Crippen LogP contribution in [-0.2, 0) is 9.59 Å². The van der Waals surface area contributed by atoms with E-state index in [0.29, 0.717) is 23.1 Å². The second-order valence-electron chi connectivity index (χ2n) is 8.39. The average Bonchev–Trinajstić information content (AvgIpc) is 3.42. The molecule has 3 aliphatic rings. The van der Waals surface area contributed by atoms with Crippen LogP contribution in [-0.4, -0.2) is 23.6 Å². The summed E-state index contributed by atoms with van der Waals surface area (Å²) >= 11 is 0. The molecule has 2 saturated carbocycles. The number of Topliss-reactive ketones (excluding diaryl/α,β-unsaturated/α-hetero) is 1. The first-order valence-electron chi connectivity index (χ1n) is 10.3. The summed E-state index contributed by atoms with van der Waals surface area (Å²) in [6.07, 6.45) is 3.00. The number of ether oxygens (including phenoxy) is 1. The maximum Gasteiger partial charge on any atom is 0.343 e. The van der Waals surface area contributed by atoms with Gasteiger partial charge < -0.3 is 4.74 Å². The van der Waals surface area contributed by atoms with Crippen LogP contribution in [0.1, 0.15) is 46.9 Å². The molecule has 2 amide bonds. The van der Waals surface area contributed by atoms with Gasteiger partial charge in [0.25, 0.3) is 0 Å².